The van der Waals surface area contributed by atoms with Gasteiger partial charge in [-0.15, -0.1) is 11.3 Å². The van der Waals surface area contributed by atoms with Gasteiger partial charge in [-0.25, -0.2) is 4.98 Å². The number of morpholine rings is 1. The standard InChI is InChI=1S/C21H26N4O2S/c1-15-6-7-16(2)25(15)18-17-5-3-8-23-21(17)28-19(18)20(26)22-9-4-10-24-11-13-27-14-12-24/h3,5-8H,4,9-14H2,1-2H3,(H,22,26). The molecule has 0 bridgehead atoms. The lowest BCUT2D eigenvalue weighted by molar-refractivity contribution is 0.0374. The number of ether oxygens (including phenoxy) is 1. The van der Waals surface area contributed by atoms with Gasteiger partial charge in [0.05, 0.1) is 18.9 Å². The monoisotopic (exact) mass is 398 g/mol. The highest BCUT2D eigenvalue weighted by atomic mass is 32.1. The van der Waals surface area contributed by atoms with E-state index in [4.69, 9.17) is 4.74 Å². The third kappa shape index (κ3) is 3.83. The molecule has 3 aromatic heterocycles. The van der Waals surface area contributed by atoms with Crippen LogP contribution in [0.1, 0.15) is 27.5 Å². The summed E-state index contributed by atoms with van der Waals surface area (Å²) in [7, 11) is 0. The first-order chi connectivity index (χ1) is 13.6. The van der Waals surface area contributed by atoms with Crippen LogP contribution in [0.4, 0.5) is 0 Å². The summed E-state index contributed by atoms with van der Waals surface area (Å²) >= 11 is 1.46. The van der Waals surface area contributed by atoms with E-state index in [0.717, 1.165) is 71.4 Å². The lowest BCUT2D eigenvalue weighted by atomic mass is 10.2. The van der Waals surface area contributed by atoms with E-state index in [1.807, 2.05) is 12.1 Å². The number of carbonyl (C=O) groups excluding carboxylic acids is 1. The lowest BCUT2D eigenvalue weighted by Gasteiger charge is -2.26. The Morgan fingerprint density at radius 1 is 1.21 bits per heavy atom. The van der Waals surface area contributed by atoms with Crippen molar-refractivity contribution in [3.05, 3.63) is 46.7 Å². The summed E-state index contributed by atoms with van der Waals surface area (Å²) in [6.07, 6.45) is 2.72. The number of thiophene rings is 1. The lowest BCUT2D eigenvalue weighted by Crippen LogP contribution is -2.38. The minimum Gasteiger partial charge on any atom is -0.379 e. The molecule has 1 N–H and O–H groups in total. The van der Waals surface area contributed by atoms with Crippen molar-refractivity contribution in [3.8, 4) is 5.69 Å². The second-order valence-electron chi connectivity index (χ2n) is 7.15. The summed E-state index contributed by atoms with van der Waals surface area (Å²) in [5.41, 5.74) is 3.17. The van der Waals surface area contributed by atoms with E-state index in [0.29, 0.717) is 6.54 Å². The largest absolute Gasteiger partial charge is 0.379 e. The molecule has 4 rings (SSSR count). The fourth-order valence-corrected chi connectivity index (χ4v) is 4.77. The van der Waals surface area contributed by atoms with Gasteiger partial charge in [-0.1, -0.05) is 0 Å². The maximum absolute atomic E-state index is 13.0. The number of rotatable bonds is 6. The molecular weight excluding hydrogens is 372 g/mol. The van der Waals surface area contributed by atoms with Crippen LogP contribution in [0.2, 0.25) is 0 Å². The number of carbonyl (C=O) groups is 1. The molecule has 0 spiro atoms. The summed E-state index contributed by atoms with van der Waals surface area (Å²) in [6.45, 7) is 9.35. The van der Waals surface area contributed by atoms with Crippen molar-refractivity contribution < 1.29 is 9.53 Å². The molecule has 1 fully saturated rings. The van der Waals surface area contributed by atoms with Gasteiger partial charge < -0.3 is 14.6 Å². The molecule has 7 heteroatoms. The number of aromatic nitrogens is 2. The predicted molar refractivity (Wildman–Crippen MR) is 113 cm³/mol. The predicted octanol–water partition coefficient (Wildman–Crippen LogP) is 3.16. The zero-order valence-corrected chi connectivity index (χ0v) is 17.2. The molecule has 1 amide bonds. The number of aryl methyl sites for hydroxylation is 2. The highest BCUT2D eigenvalue weighted by Crippen LogP contribution is 2.34. The van der Waals surface area contributed by atoms with Crippen LogP contribution in [0, 0.1) is 13.8 Å². The maximum atomic E-state index is 13.0. The molecule has 1 aliphatic rings. The van der Waals surface area contributed by atoms with Gasteiger partial charge in [0.2, 0.25) is 0 Å². The van der Waals surface area contributed by atoms with E-state index in [1.165, 1.54) is 11.3 Å². The first-order valence-electron chi connectivity index (χ1n) is 9.76. The normalized spacial score (nSPS) is 15.2. The van der Waals surface area contributed by atoms with Gasteiger partial charge >= 0.3 is 0 Å². The Morgan fingerprint density at radius 3 is 2.71 bits per heavy atom. The van der Waals surface area contributed by atoms with Crippen LogP contribution in [-0.4, -0.2) is 59.8 Å². The minimum absolute atomic E-state index is 0.0209. The van der Waals surface area contributed by atoms with Gasteiger partial charge in [0, 0.05) is 42.6 Å². The van der Waals surface area contributed by atoms with E-state index in [2.05, 4.69) is 45.7 Å². The number of pyridine rings is 1. The molecule has 0 atom stereocenters. The average molecular weight is 399 g/mol. The zero-order chi connectivity index (χ0) is 19.5. The average Bonchev–Trinajstić information content (AvgIpc) is 3.25. The van der Waals surface area contributed by atoms with Crippen molar-refractivity contribution in [3.63, 3.8) is 0 Å². The molecule has 4 heterocycles. The fraction of sp³-hybridized carbons (Fsp3) is 0.429. The number of hydrogen-bond donors (Lipinski definition) is 1. The van der Waals surface area contributed by atoms with E-state index in [-0.39, 0.29) is 5.91 Å². The van der Waals surface area contributed by atoms with Crippen molar-refractivity contribution in [2.45, 2.75) is 20.3 Å². The van der Waals surface area contributed by atoms with Crippen molar-refractivity contribution in [1.29, 1.82) is 0 Å². The molecule has 1 aliphatic heterocycles. The molecule has 0 radical (unpaired) electrons. The first-order valence-corrected chi connectivity index (χ1v) is 10.6. The molecule has 0 unspecified atom stereocenters. The quantitative estimate of drug-likeness (QED) is 0.648. The Bertz CT molecular complexity index is 953. The number of nitrogens with zero attached hydrogens (tertiary/aromatic N) is 3. The molecule has 1 saturated heterocycles. The third-order valence-corrected chi connectivity index (χ3v) is 6.28. The van der Waals surface area contributed by atoms with Crippen molar-refractivity contribution in [1.82, 2.24) is 19.8 Å². The van der Waals surface area contributed by atoms with Gasteiger partial charge in [0.15, 0.2) is 0 Å². The van der Waals surface area contributed by atoms with Crippen LogP contribution in [0.25, 0.3) is 15.9 Å². The summed E-state index contributed by atoms with van der Waals surface area (Å²) < 4.78 is 7.54. The number of hydrogen-bond acceptors (Lipinski definition) is 5. The zero-order valence-electron chi connectivity index (χ0n) is 16.4. The Hall–Kier alpha value is -2.22. The molecular formula is C21H26N4O2S. The topological polar surface area (TPSA) is 59.4 Å². The van der Waals surface area contributed by atoms with E-state index >= 15 is 0 Å². The Kier molecular flexibility index (Phi) is 5.75. The van der Waals surface area contributed by atoms with Gasteiger partial charge in [0.1, 0.15) is 9.71 Å². The van der Waals surface area contributed by atoms with Crippen LogP contribution >= 0.6 is 11.3 Å². The summed E-state index contributed by atoms with van der Waals surface area (Å²) in [5, 5.41) is 4.13. The number of amides is 1. The van der Waals surface area contributed by atoms with Crippen molar-refractivity contribution in [2.75, 3.05) is 39.4 Å². The Labute approximate surface area is 169 Å². The molecule has 0 aromatic carbocycles. The highest BCUT2D eigenvalue weighted by Gasteiger charge is 2.22. The third-order valence-electron chi connectivity index (χ3n) is 5.18. The number of fused-ring (bicyclic) bond motifs is 1. The number of nitrogens with one attached hydrogen (secondary N) is 1. The summed E-state index contributed by atoms with van der Waals surface area (Å²) in [6, 6.07) is 8.14. The summed E-state index contributed by atoms with van der Waals surface area (Å²) in [5.74, 6) is -0.0209. The minimum atomic E-state index is -0.0209. The van der Waals surface area contributed by atoms with Crippen LogP contribution < -0.4 is 5.32 Å². The van der Waals surface area contributed by atoms with Crippen molar-refractivity contribution >= 4 is 27.5 Å². The van der Waals surface area contributed by atoms with E-state index in [1.54, 1.807) is 6.20 Å². The van der Waals surface area contributed by atoms with E-state index in [9.17, 15) is 4.79 Å². The molecule has 3 aromatic rings. The molecule has 148 valence electrons. The second-order valence-corrected chi connectivity index (χ2v) is 8.15. The molecule has 0 aliphatic carbocycles. The van der Waals surface area contributed by atoms with Crippen LogP contribution in [0.3, 0.4) is 0 Å². The SMILES string of the molecule is Cc1ccc(C)n1-c1c(C(=O)NCCCN2CCOCC2)sc2ncccc12. The van der Waals surface area contributed by atoms with E-state index < -0.39 is 0 Å². The maximum Gasteiger partial charge on any atom is 0.263 e. The highest BCUT2D eigenvalue weighted by molar-refractivity contribution is 7.21. The smallest absolute Gasteiger partial charge is 0.263 e. The van der Waals surface area contributed by atoms with Gasteiger partial charge in [0.25, 0.3) is 5.91 Å². The first kappa shape index (κ1) is 19.1. The second kappa shape index (κ2) is 8.43. The molecule has 0 saturated carbocycles. The fourth-order valence-electron chi connectivity index (χ4n) is 3.73. The van der Waals surface area contributed by atoms with Crippen LogP contribution in [0.5, 0.6) is 0 Å². The summed E-state index contributed by atoms with van der Waals surface area (Å²) in [4.78, 5) is 21.5. The van der Waals surface area contributed by atoms with Gasteiger partial charge in [-0.3, -0.25) is 9.69 Å². The van der Waals surface area contributed by atoms with Crippen LogP contribution in [0.15, 0.2) is 30.5 Å². The van der Waals surface area contributed by atoms with Gasteiger partial charge in [-0.05, 0) is 51.1 Å². The van der Waals surface area contributed by atoms with Crippen LogP contribution in [-0.2, 0) is 4.74 Å². The Morgan fingerprint density at radius 2 is 1.96 bits per heavy atom. The molecule has 28 heavy (non-hydrogen) atoms. The van der Waals surface area contributed by atoms with Crippen molar-refractivity contribution in [2.24, 2.45) is 0 Å². The molecule has 6 nitrogen and oxygen atoms in total. The Balaban J connectivity index is 1.53. The van der Waals surface area contributed by atoms with Gasteiger partial charge in [-0.2, -0.15) is 0 Å².